The minimum atomic E-state index is -2.46. The average Bonchev–Trinajstić information content (AvgIpc) is 0.784. The minimum absolute atomic E-state index is 0.00280. The van der Waals surface area contributed by atoms with Crippen LogP contribution in [-0.2, 0) is 38.1 Å². The molecule has 0 aliphatic carbocycles. The molecule has 0 saturated carbocycles. The van der Waals surface area contributed by atoms with E-state index in [1.807, 2.05) is 84.9 Å². The van der Waals surface area contributed by atoms with Crippen LogP contribution >= 0.6 is 23.5 Å². The molecule has 8 rings (SSSR count). The number of aldehydes is 1. The fraction of sp³-hybridized carbons (Fsp3) is 0.397. The Hall–Kier alpha value is -8.22. The Labute approximate surface area is 582 Å². The molecule has 6 aromatic rings. The number of aliphatic carboxylic acids is 1. The van der Waals surface area contributed by atoms with Gasteiger partial charge in [-0.25, -0.2) is 4.79 Å². The van der Waals surface area contributed by atoms with Crippen LogP contribution in [0.3, 0.4) is 0 Å². The van der Waals surface area contributed by atoms with Gasteiger partial charge in [0.05, 0.1) is 49.7 Å². The second kappa shape index (κ2) is 37.3. The molecule has 2 aliphatic heterocycles. The van der Waals surface area contributed by atoms with E-state index in [4.69, 9.17) is 18.9 Å². The van der Waals surface area contributed by atoms with Crippen molar-refractivity contribution in [2.45, 2.75) is 125 Å². The van der Waals surface area contributed by atoms with Gasteiger partial charge in [0.1, 0.15) is 24.4 Å². The zero-order chi connectivity index (χ0) is 71.1. The number of benzene rings is 6. The smallest absolute Gasteiger partial charge is 0.364 e. The number of carboxylic acids is 1. The molecule has 5 amide bonds. The third kappa shape index (κ3) is 21.6. The minimum Gasteiger partial charge on any atom is -0.477 e. The molecule has 0 unspecified atom stereocenters. The molecule has 12 N–H and O–H groups in total. The Bertz CT molecular complexity index is 3640. The van der Waals surface area contributed by atoms with Gasteiger partial charge in [-0.15, -0.1) is 0 Å². The lowest BCUT2D eigenvalue weighted by Gasteiger charge is -2.46. The number of ketones is 1. The number of aliphatic hydroxyl groups excluding tert-OH is 6. The van der Waals surface area contributed by atoms with Gasteiger partial charge < -0.3 is 81.3 Å². The standard InChI is InChI=1S/C73H85N5O19S2/c1-45(80)77-62-58(83)40-72(44-79,96-66(62)64(87)60(85)42-75-69(90)55-29-19-49(20-30-55)47-12-5-3-6-13-47)94-34-10-38-99-39-33-74-68(89)54-27-23-52(24-28-54)51-17-25-53(26-18-51)57(82)16-9-36-98-37-11-35-95-73(71(92)93)41-59(84)63(78-46(2)81)67(97-73)65(88)61(86)43-76-70(91)56-31-21-50(22-32-56)48-14-7-4-8-15-48/h3-8,12-15,17-32,44,58-67,83-88H,9-11,16,33-43H2,1-2H3,(H,74,89)(H,75,90)(H,76,91)(H,77,80)(H,78,81)(H,92,93)/t58-,59-,60+,61+,62+,63+,64+,65+,66+,67+,72+,73+/m0/s1. The molecular weight excluding hydrogens is 1310 g/mol. The number of carbonyl (C=O) groups is 8. The van der Waals surface area contributed by atoms with Crippen LogP contribution in [0.25, 0.3) is 33.4 Å². The Morgan fingerprint density at radius 2 is 0.889 bits per heavy atom. The van der Waals surface area contributed by atoms with E-state index >= 15 is 0 Å². The van der Waals surface area contributed by atoms with Gasteiger partial charge in [0, 0.05) is 80.8 Å². The fourth-order valence-corrected chi connectivity index (χ4v) is 13.1. The van der Waals surface area contributed by atoms with Crippen LogP contribution in [0.15, 0.2) is 158 Å². The summed E-state index contributed by atoms with van der Waals surface area (Å²) in [7, 11) is 0. The molecule has 26 heteroatoms. The summed E-state index contributed by atoms with van der Waals surface area (Å²) >= 11 is 3.04. The molecule has 0 aromatic heterocycles. The summed E-state index contributed by atoms with van der Waals surface area (Å²) in [6, 6.07) is 44.3. The molecule has 2 aliphatic rings. The van der Waals surface area contributed by atoms with Crippen molar-refractivity contribution in [3.05, 3.63) is 180 Å². The molecule has 24 nitrogen and oxygen atoms in total. The number of Topliss-reactive ketones (excluding diaryl/α,β-unsaturated/α-hetero) is 1. The second-order valence-electron chi connectivity index (χ2n) is 24.1. The molecule has 2 fully saturated rings. The number of ether oxygens (including phenoxy) is 4. The predicted molar refractivity (Wildman–Crippen MR) is 371 cm³/mol. The van der Waals surface area contributed by atoms with E-state index in [2.05, 4.69) is 26.6 Å². The van der Waals surface area contributed by atoms with Gasteiger partial charge in [-0.2, -0.15) is 23.5 Å². The monoisotopic (exact) mass is 1400 g/mol. The van der Waals surface area contributed by atoms with Gasteiger partial charge in [0.15, 0.2) is 12.1 Å². The molecular formula is C73H85N5O19S2. The maximum Gasteiger partial charge on any atom is 0.364 e. The number of carboxylic acid groups (broad SMARTS) is 1. The van der Waals surface area contributed by atoms with Crippen LogP contribution in [-0.4, -0.2) is 212 Å². The van der Waals surface area contributed by atoms with Crippen molar-refractivity contribution in [1.82, 2.24) is 26.6 Å². The van der Waals surface area contributed by atoms with Crippen LogP contribution in [0.1, 0.15) is 93.8 Å². The number of rotatable bonds is 36. The van der Waals surface area contributed by atoms with Crippen molar-refractivity contribution in [2.24, 2.45) is 0 Å². The molecule has 0 bridgehead atoms. The molecule has 12 atom stereocenters. The van der Waals surface area contributed by atoms with E-state index in [1.54, 1.807) is 72.8 Å². The highest BCUT2D eigenvalue weighted by Gasteiger charge is 2.56. The number of carbonyl (C=O) groups excluding carboxylic acids is 7. The molecule has 99 heavy (non-hydrogen) atoms. The Kier molecular flexibility index (Phi) is 28.8. The third-order valence-corrected chi connectivity index (χ3v) is 19.0. The second-order valence-corrected chi connectivity index (χ2v) is 26.6. The molecule has 2 heterocycles. The van der Waals surface area contributed by atoms with Gasteiger partial charge in [-0.3, -0.25) is 33.6 Å². The number of hydrogen-bond donors (Lipinski definition) is 12. The lowest BCUT2D eigenvalue weighted by Crippen LogP contribution is -2.68. The van der Waals surface area contributed by atoms with E-state index in [0.29, 0.717) is 71.8 Å². The van der Waals surface area contributed by atoms with Crippen LogP contribution in [0.2, 0.25) is 0 Å². The summed E-state index contributed by atoms with van der Waals surface area (Å²) in [5.74, 6) is -6.45. The molecule has 0 spiro atoms. The first-order valence-electron chi connectivity index (χ1n) is 32.6. The summed E-state index contributed by atoms with van der Waals surface area (Å²) in [6.07, 6.45) is -12.4. The van der Waals surface area contributed by atoms with E-state index in [-0.39, 0.29) is 43.3 Å². The van der Waals surface area contributed by atoms with Gasteiger partial charge in [0.2, 0.25) is 17.6 Å². The first-order valence-corrected chi connectivity index (χ1v) is 34.9. The summed E-state index contributed by atoms with van der Waals surface area (Å²) in [4.78, 5) is 102. The number of thioether (sulfide) groups is 2. The number of hydrogen-bond acceptors (Lipinski definition) is 20. The predicted octanol–water partition coefficient (Wildman–Crippen LogP) is 4.95. The first-order chi connectivity index (χ1) is 47.6. The molecule has 0 radical (unpaired) electrons. The van der Waals surface area contributed by atoms with Crippen molar-refractivity contribution >= 4 is 71.1 Å². The Morgan fingerprint density at radius 3 is 1.32 bits per heavy atom. The fourth-order valence-electron chi connectivity index (χ4n) is 11.5. The van der Waals surface area contributed by atoms with Gasteiger partial charge in [-0.05, 0) is 106 Å². The average molecular weight is 1400 g/mol. The lowest BCUT2D eigenvalue weighted by molar-refractivity contribution is -0.310. The SMILES string of the molecule is CC(=O)N[C@H]1[C@H]([C@H](O)[C@H](O)CNC(=O)c2ccc(-c3ccccc3)cc2)O[C@](C=O)(OCCCSCCNC(=O)c2ccc(-c3ccc(C(=O)CCCSCCCO[C@]4(C(=O)O)C[C@H](O)[C@@H](NC(C)=O)[C@H]([C@H](O)[C@H](O)CNC(=O)c5ccc(-c6ccccc6)cc5)O4)cc3)cc2)C[C@@H]1O. The largest absolute Gasteiger partial charge is 0.477 e. The highest BCUT2D eigenvalue weighted by atomic mass is 32.2. The number of nitrogens with one attached hydrogen (secondary N) is 5. The van der Waals surface area contributed by atoms with Gasteiger partial charge in [-0.1, -0.05) is 121 Å². The van der Waals surface area contributed by atoms with Crippen molar-refractivity contribution in [3.63, 3.8) is 0 Å². The third-order valence-electron chi connectivity index (χ3n) is 16.8. The topological polar surface area (TPSA) is 375 Å². The maximum absolute atomic E-state index is 13.2. The summed E-state index contributed by atoms with van der Waals surface area (Å²) in [5.41, 5.74) is 6.93. The van der Waals surface area contributed by atoms with Crippen LogP contribution in [0.5, 0.6) is 0 Å². The van der Waals surface area contributed by atoms with E-state index in [1.165, 1.54) is 30.4 Å². The summed E-state index contributed by atoms with van der Waals surface area (Å²) < 4.78 is 23.5. The quantitative estimate of drug-likeness (QED) is 0.0141. The van der Waals surface area contributed by atoms with E-state index < -0.39 is 122 Å². The van der Waals surface area contributed by atoms with Crippen LogP contribution < -0.4 is 26.6 Å². The molecule has 2 saturated heterocycles. The Balaban J connectivity index is 0.698. The van der Waals surface area contributed by atoms with Gasteiger partial charge >= 0.3 is 5.97 Å². The highest BCUT2D eigenvalue weighted by molar-refractivity contribution is 7.99. The molecule has 528 valence electrons. The normalized spacial score (nSPS) is 21.7. The van der Waals surface area contributed by atoms with E-state index in [9.17, 15) is 74.1 Å². The number of aliphatic hydroxyl groups is 6. The van der Waals surface area contributed by atoms with Crippen molar-refractivity contribution in [1.29, 1.82) is 0 Å². The Morgan fingerprint density at radius 1 is 0.505 bits per heavy atom. The van der Waals surface area contributed by atoms with Crippen molar-refractivity contribution in [2.75, 3.05) is 55.9 Å². The van der Waals surface area contributed by atoms with Gasteiger partial charge in [0.25, 0.3) is 23.5 Å². The zero-order valence-electron chi connectivity index (χ0n) is 54.8. The highest BCUT2D eigenvalue weighted by Crippen LogP contribution is 2.35. The summed E-state index contributed by atoms with van der Waals surface area (Å²) in [5, 5.41) is 90.4. The lowest BCUT2D eigenvalue weighted by atomic mass is 9.88. The van der Waals surface area contributed by atoms with Crippen LogP contribution in [0.4, 0.5) is 0 Å². The number of amides is 5. The van der Waals surface area contributed by atoms with Crippen LogP contribution in [0, 0.1) is 0 Å². The summed E-state index contributed by atoms with van der Waals surface area (Å²) in [6.45, 7) is 1.64. The first kappa shape index (κ1) is 76.5. The zero-order valence-corrected chi connectivity index (χ0v) is 56.4. The van der Waals surface area contributed by atoms with E-state index in [0.717, 1.165) is 40.3 Å². The van der Waals surface area contributed by atoms with Crippen molar-refractivity contribution < 1.29 is 93.0 Å². The maximum atomic E-state index is 13.2. The molecule has 6 aromatic carbocycles. The van der Waals surface area contributed by atoms with Crippen molar-refractivity contribution in [3.8, 4) is 33.4 Å².